The average Bonchev–Trinajstić information content (AvgIpc) is 3.20. The van der Waals surface area contributed by atoms with Gasteiger partial charge in [-0.25, -0.2) is 0 Å². The maximum absolute atomic E-state index is 6.45. The van der Waals surface area contributed by atoms with Gasteiger partial charge < -0.3 is 10.7 Å². The number of nitrogens with one attached hydrogen (secondary N) is 1. The Kier molecular flexibility index (Phi) is 5.22. The first-order chi connectivity index (χ1) is 14.8. The van der Waals surface area contributed by atoms with Crippen molar-refractivity contribution < 1.29 is 0 Å². The van der Waals surface area contributed by atoms with Crippen molar-refractivity contribution in [3.63, 3.8) is 0 Å². The zero-order valence-electron chi connectivity index (χ0n) is 16.5. The van der Waals surface area contributed by atoms with E-state index in [0.29, 0.717) is 0 Å². The van der Waals surface area contributed by atoms with Crippen LogP contribution in [0.2, 0.25) is 0 Å². The number of aromatic nitrogens is 3. The first kappa shape index (κ1) is 18.9. The highest BCUT2D eigenvalue weighted by Gasteiger charge is 2.10. The number of hydrogen-bond acceptors (Lipinski definition) is 4. The minimum Gasteiger partial charge on any atom is -0.361 e. The summed E-state index contributed by atoms with van der Waals surface area (Å²) >= 11 is 1.76. The first-order valence-electron chi connectivity index (χ1n) is 9.99. The van der Waals surface area contributed by atoms with Crippen molar-refractivity contribution in [1.29, 1.82) is 0 Å². The molecule has 0 aliphatic heterocycles. The summed E-state index contributed by atoms with van der Waals surface area (Å²) in [5.41, 5.74) is 11.2. The molecule has 0 saturated carbocycles. The fourth-order valence-electron chi connectivity index (χ4n) is 3.76. The van der Waals surface area contributed by atoms with E-state index in [1.807, 2.05) is 36.9 Å². The first-order valence-corrected chi connectivity index (χ1v) is 11.0. The lowest BCUT2D eigenvalue weighted by molar-refractivity contribution is 0.752. The lowest BCUT2D eigenvalue weighted by Gasteiger charge is -2.11. The van der Waals surface area contributed by atoms with Crippen LogP contribution in [0.5, 0.6) is 0 Å². The molecule has 2 aromatic carbocycles. The molecule has 1 atom stereocenters. The molecular weight excluding hydrogens is 388 g/mol. The van der Waals surface area contributed by atoms with Crippen LogP contribution < -0.4 is 5.73 Å². The number of hydrogen-bond donors (Lipinski definition) is 2. The van der Waals surface area contributed by atoms with Crippen LogP contribution in [0.1, 0.15) is 5.56 Å². The summed E-state index contributed by atoms with van der Waals surface area (Å²) in [6.07, 6.45) is 10.5. The van der Waals surface area contributed by atoms with E-state index < -0.39 is 0 Å². The van der Waals surface area contributed by atoms with Gasteiger partial charge in [-0.2, -0.15) is 0 Å². The molecule has 0 unspecified atom stereocenters. The maximum atomic E-state index is 6.45. The normalized spacial score (nSPS) is 12.4. The molecule has 5 heteroatoms. The third kappa shape index (κ3) is 3.95. The highest BCUT2D eigenvalue weighted by molar-refractivity contribution is 7.99. The Morgan fingerprint density at radius 1 is 0.900 bits per heavy atom. The third-order valence-corrected chi connectivity index (χ3v) is 6.46. The van der Waals surface area contributed by atoms with Crippen molar-refractivity contribution >= 4 is 33.4 Å². The number of aromatic amines is 1. The van der Waals surface area contributed by atoms with Crippen molar-refractivity contribution in [2.45, 2.75) is 17.4 Å². The average molecular weight is 411 g/mol. The molecule has 3 heterocycles. The second-order valence-corrected chi connectivity index (χ2v) is 8.58. The van der Waals surface area contributed by atoms with E-state index in [4.69, 9.17) is 5.73 Å². The number of nitrogens with zero attached hydrogens (tertiary/aromatic N) is 2. The highest BCUT2D eigenvalue weighted by atomic mass is 32.2. The number of nitrogens with two attached hydrogens (primary N) is 1. The summed E-state index contributed by atoms with van der Waals surface area (Å²) < 4.78 is 0. The van der Waals surface area contributed by atoms with Gasteiger partial charge in [-0.15, -0.1) is 11.8 Å². The third-order valence-electron chi connectivity index (χ3n) is 5.31. The molecule has 30 heavy (non-hydrogen) atoms. The van der Waals surface area contributed by atoms with Gasteiger partial charge in [0.1, 0.15) is 0 Å². The smallest absolute Gasteiger partial charge is 0.0456 e. The van der Waals surface area contributed by atoms with Crippen molar-refractivity contribution in [2.24, 2.45) is 5.73 Å². The van der Waals surface area contributed by atoms with Crippen molar-refractivity contribution in [1.82, 2.24) is 15.0 Å². The fourth-order valence-corrected chi connectivity index (χ4v) is 4.63. The number of para-hydroxylation sites is 1. The second-order valence-electron chi connectivity index (χ2n) is 7.48. The fraction of sp³-hybridized carbons (Fsp3) is 0.120. The quantitative estimate of drug-likeness (QED) is 0.366. The molecule has 0 saturated heterocycles. The van der Waals surface area contributed by atoms with E-state index in [1.165, 1.54) is 16.3 Å². The van der Waals surface area contributed by atoms with Gasteiger partial charge in [0.2, 0.25) is 0 Å². The number of pyridine rings is 2. The summed E-state index contributed by atoms with van der Waals surface area (Å²) in [6.45, 7) is 0. The molecule has 0 amide bonds. The lowest BCUT2D eigenvalue weighted by Crippen LogP contribution is -2.25. The van der Waals surface area contributed by atoms with E-state index in [2.05, 4.69) is 63.6 Å². The molecule has 0 fully saturated rings. The Morgan fingerprint density at radius 3 is 2.80 bits per heavy atom. The molecule has 0 radical (unpaired) electrons. The van der Waals surface area contributed by atoms with Crippen molar-refractivity contribution in [3.05, 3.63) is 91.1 Å². The Bertz CT molecular complexity index is 1310. The zero-order chi connectivity index (χ0) is 20.3. The number of rotatable bonds is 6. The topological polar surface area (TPSA) is 67.6 Å². The van der Waals surface area contributed by atoms with E-state index in [9.17, 15) is 0 Å². The number of thioether (sulfide) groups is 1. The number of benzene rings is 2. The van der Waals surface area contributed by atoms with Gasteiger partial charge >= 0.3 is 0 Å². The predicted octanol–water partition coefficient (Wildman–Crippen LogP) is 5.44. The Balaban J connectivity index is 1.28. The van der Waals surface area contributed by atoms with Gasteiger partial charge in [-0.05, 0) is 47.2 Å². The largest absolute Gasteiger partial charge is 0.361 e. The van der Waals surface area contributed by atoms with Crippen LogP contribution in [0.15, 0.2) is 90.5 Å². The van der Waals surface area contributed by atoms with E-state index >= 15 is 0 Å². The van der Waals surface area contributed by atoms with Crippen molar-refractivity contribution in [3.8, 4) is 11.1 Å². The summed E-state index contributed by atoms with van der Waals surface area (Å²) in [7, 11) is 0. The SMILES string of the molecule is N[C@H](CSc1cncc(-c2ccc3cnccc3c2)c1)Cc1c[nH]c2ccccc12. The monoisotopic (exact) mass is 410 g/mol. The van der Waals surface area contributed by atoms with Crippen LogP contribution in [0.4, 0.5) is 0 Å². The van der Waals surface area contributed by atoms with Gasteiger partial charge in [0.25, 0.3) is 0 Å². The Hall–Kier alpha value is -3.15. The van der Waals surface area contributed by atoms with Crippen LogP contribution in [0, 0.1) is 0 Å². The molecule has 4 nitrogen and oxygen atoms in total. The van der Waals surface area contributed by atoms with E-state index in [1.54, 1.807) is 11.8 Å². The molecule has 3 aromatic heterocycles. The molecule has 3 N–H and O–H groups in total. The maximum Gasteiger partial charge on any atom is 0.0456 e. The summed E-state index contributed by atoms with van der Waals surface area (Å²) in [5, 5.41) is 3.58. The van der Waals surface area contributed by atoms with E-state index in [-0.39, 0.29) is 6.04 Å². The number of H-pyrrole nitrogens is 1. The summed E-state index contributed by atoms with van der Waals surface area (Å²) in [6, 6.07) is 19.1. The van der Waals surface area contributed by atoms with E-state index in [0.717, 1.165) is 39.1 Å². The molecule has 5 rings (SSSR count). The second kappa shape index (κ2) is 8.30. The van der Waals surface area contributed by atoms with Gasteiger partial charge in [-0.3, -0.25) is 9.97 Å². The summed E-state index contributed by atoms with van der Waals surface area (Å²) in [4.78, 5) is 13.1. The van der Waals surface area contributed by atoms with Gasteiger partial charge in [0.15, 0.2) is 0 Å². The lowest BCUT2D eigenvalue weighted by atomic mass is 10.0. The van der Waals surface area contributed by atoms with Gasteiger partial charge in [-0.1, -0.05) is 30.3 Å². The minimum atomic E-state index is 0.0750. The predicted molar refractivity (Wildman–Crippen MR) is 126 cm³/mol. The highest BCUT2D eigenvalue weighted by Crippen LogP contribution is 2.28. The Morgan fingerprint density at radius 2 is 1.83 bits per heavy atom. The van der Waals surface area contributed by atoms with Crippen LogP contribution in [0.25, 0.3) is 32.8 Å². The van der Waals surface area contributed by atoms with Crippen LogP contribution in [-0.2, 0) is 6.42 Å². The van der Waals surface area contributed by atoms with Crippen LogP contribution in [-0.4, -0.2) is 26.7 Å². The molecule has 0 aliphatic carbocycles. The molecule has 0 aliphatic rings. The van der Waals surface area contributed by atoms with Crippen molar-refractivity contribution in [2.75, 3.05) is 5.75 Å². The molecule has 0 bridgehead atoms. The van der Waals surface area contributed by atoms with Gasteiger partial charge in [0.05, 0.1) is 0 Å². The molecule has 148 valence electrons. The molecule has 5 aromatic rings. The zero-order valence-corrected chi connectivity index (χ0v) is 17.3. The molecule has 0 spiro atoms. The van der Waals surface area contributed by atoms with Gasteiger partial charge in [0, 0.05) is 69.5 Å². The minimum absolute atomic E-state index is 0.0750. The van der Waals surface area contributed by atoms with Crippen LogP contribution >= 0.6 is 11.8 Å². The van der Waals surface area contributed by atoms with Crippen LogP contribution in [0.3, 0.4) is 0 Å². The standard InChI is InChI=1S/C25H22N4S/c26-22(10-21-14-29-25-4-2-1-3-24(21)25)16-30-23-11-20(13-28-15-23)17-5-6-19-12-27-8-7-18(19)9-17/h1-9,11-15,22,29H,10,16,26H2/t22-/m0/s1. The number of fused-ring (bicyclic) bond motifs is 2. The summed E-state index contributed by atoms with van der Waals surface area (Å²) in [5.74, 6) is 0.841. The Labute approximate surface area is 179 Å². The molecular formula is C25H22N4S.